The van der Waals surface area contributed by atoms with Gasteiger partial charge in [-0.05, 0) is 25.0 Å². The molecule has 0 amide bonds. The van der Waals surface area contributed by atoms with Gasteiger partial charge in [-0.25, -0.2) is 9.78 Å². The van der Waals surface area contributed by atoms with Crippen molar-refractivity contribution in [2.45, 2.75) is 38.2 Å². The number of halogens is 1. The van der Waals surface area contributed by atoms with Gasteiger partial charge in [-0.2, -0.15) is 0 Å². The Hall–Kier alpha value is -1.33. The van der Waals surface area contributed by atoms with E-state index < -0.39 is 5.97 Å². The fourth-order valence-corrected chi connectivity index (χ4v) is 2.51. The summed E-state index contributed by atoms with van der Waals surface area (Å²) in [5.41, 5.74) is -0.134. The average molecular weight is 299 g/mol. The topological polar surface area (TPSA) is 71.5 Å². The van der Waals surface area contributed by atoms with Gasteiger partial charge in [0.15, 0.2) is 5.69 Å². The molecule has 0 unspecified atom stereocenters. The number of hydrogen-bond donors (Lipinski definition) is 2. The molecule has 1 aromatic rings. The molecule has 0 saturated heterocycles. The summed E-state index contributed by atoms with van der Waals surface area (Å²) < 4.78 is 5.77. The molecule has 2 N–H and O–H groups in total. The minimum absolute atomic E-state index is 0.134. The molecule has 5 nitrogen and oxygen atoms in total. The van der Waals surface area contributed by atoms with E-state index in [0.717, 1.165) is 12.8 Å². The van der Waals surface area contributed by atoms with E-state index in [4.69, 9.17) is 21.4 Å². The largest absolute Gasteiger partial charge is 0.476 e. The van der Waals surface area contributed by atoms with Gasteiger partial charge in [0.1, 0.15) is 5.82 Å². The molecule has 20 heavy (non-hydrogen) atoms. The zero-order chi connectivity index (χ0) is 14.4. The van der Waals surface area contributed by atoms with Gasteiger partial charge in [0, 0.05) is 6.54 Å². The van der Waals surface area contributed by atoms with Gasteiger partial charge in [-0.3, -0.25) is 0 Å². The van der Waals surface area contributed by atoms with Gasteiger partial charge in [0.25, 0.3) is 0 Å². The lowest BCUT2D eigenvalue weighted by molar-refractivity contribution is 0.0347. The number of rotatable bonds is 6. The summed E-state index contributed by atoms with van der Waals surface area (Å²) >= 11 is 5.76. The molecule has 1 aliphatic rings. The summed E-state index contributed by atoms with van der Waals surface area (Å²) in [4.78, 5) is 14.9. The van der Waals surface area contributed by atoms with Crippen molar-refractivity contribution in [2.75, 3.05) is 18.5 Å². The van der Waals surface area contributed by atoms with E-state index in [1.165, 1.54) is 25.3 Å². The average Bonchev–Trinajstić information content (AvgIpc) is 2.46. The second-order valence-electron chi connectivity index (χ2n) is 4.89. The number of carboxylic acid groups (broad SMARTS) is 1. The van der Waals surface area contributed by atoms with E-state index >= 15 is 0 Å². The zero-order valence-electron chi connectivity index (χ0n) is 11.3. The monoisotopic (exact) mass is 298 g/mol. The van der Waals surface area contributed by atoms with Crippen LogP contribution in [-0.4, -0.2) is 35.3 Å². The van der Waals surface area contributed by atoms with Crippen molar-refractivity contribution in [1.82, 2.24) is 4.98 Å². The summed E-state index contributed by atoms with van der Waals surface area (Å²) in [6, 6.07) is 3.19. The molecule has 1 aliphatic carbocycles. The Labute approximate surface area is 123 Å². The molecule has 6 heteroatoms. The highest BCUT2D eigenvalue weighted by molar-refractivity contribution is 6.33. The molecule has 2 rings (SSSR count). The Morgan fingerprint density at radius 2 is 2.15 bits per heavy atom. The van der Waals surface area contributed by atoms with Gasteiger partial charge in [-0.15, -0.1) is 0 Å². The summed E-state index contributed by atoms with van der Waals surface area (Å²) in [5.74, 6) is -0.629. The summed E-state index contributed by atoms with van der Waals surface area (Å²) in [7, 11) is 0. The molecule has 1 fully saturated rings. The van der Waals surface area contributed by atoms with Crippen LogP contribution in [0.1, 0.15) is 42.6 Å². The summed E-state index contributed by atoms with van der Waals surface area (Å²) in [5, 5.41) is 12.1. The van der Waals surface area contributed by atoms with Crippen LogP contribution in [0.25, 0.3) is 0 Å². The molecule has 0 atom stereocenters. The van der Waals surface area contributed by atoms with Crippen LogP contribution in [-0.2, 0) is 4.74 Å². The number of aromatic nitrogens is 1. The molecular formula is C14H19ClN2O3. The number of carbonyl (C=O) groups is 1. The normalized spacial score (nSPS) is 16.1. The van der Waals surface area contributed by atoms with Gasteiger partial charge in [0.2, 0.25) is 0 Å². The van der Waals surface area contributed by atoms with Crippen molar-refractivity contribution in [3.8, 4) is 0 Å². The number of pyridine rings is 1. The maximum atomic E-state index is 10.9. The van der Waals surface area contributed by atoms with Crippen LogP contribution >= 0.6 is 11.6 Å². The highest BCUT2D eigenvalue weighted by Gasteiger charge is 2.13. The number of anilines is 1. The quantitative estimate of drug-likeness (QED) is 0.789. The third kappa shape index (κ3) is 4.35. The van der Waals surface area contributed by atoms with Crippen molar-refractivity contribution in [1.29, 1.82) is 0 Å². The predicted molar refractivity (Wildman–Crippen MR) is 77.5 cm³/mol. The van der Waals surface area contributed by atoms with Gasteiger partial charge < -0.3 is 15.2 Å². The lowest BCUT2D eigenvalue weighted by atomic mass is 9.98. The van der Waals surface area contributed by atoms with Crippen LogP contribution in [0.4, 0.5) is 5.82 Å². The third-order valence-electron chi connectivity index (χ3n) is 3.36. The number of ether oxygens (including phenoxy) is 1. The molecule has 0 spiro atoms. The lowest BCUT2D eigenvalue weighted by Gasteiger charge is -2.22. The maximum absolute atomic E-state index is 10.9. The number of carboxylic acids is 1. The molecule has 0 aliphatic heterocycles. The van der Waals surface area contributed by atoms with E-state index in [-0.39, 0.29) is 10.7 Å². The van der Waals surface area contributed by atoms with E-state index in [2.05, 4.69) is 10.3 Å². The maximum Gasteiger partial charge on any atom is 0.356 e. The van der Waals surface area contributed by atoms with Gasteiger partial charge in [-0.1, -0.05) is 30.9 Å². The molecule has 1 saturated carbocycles. The molecule has 0 bridgehead atoms. The smallest absolute Gasteiger partial charge is 0.356 e. The zero-order valence-corrected chi connectivity index (χ0v) is 12.0. The number of aromatic carboxylic acids is 1. The molecule has 0 radical (unpaired) electrons. The van der Waals surface area contributed by atoms with E-state index in [0.29, 0.717) is 25.1 Å². The van der Waals surface area contributed by atoms with Crippen molar-refractivity contribution in [2.24, 2.45) is 0 Å². The third-order valence-corrected chi connectivity index (χ3v) is 3.67. The Kier molecular flexibility index (Phi) is 5.61. The van der Waals surface area contributed by atoms with Crippen molar-refractivity contribution >= 4 is 23.4 Å². The van der Waals surface area contributed by atoms with Crippen LogP contribution in [0.15, 0.2) is 12.1 Å². The lowest BCUT2D eigenvalue weighted by Crippen LogP contribution is -2.20. The minimum Gasteiger partial charge on any atom is -0.476 e. The Balaban J connectivity index is 1.76. The SMILES string of the molecule is O=C(O)c1nc(NCCOC2CCCCC2)ccc1Cl. The van der Waals surface area contributed by atoms with Crippen LogP contribution in [0.2, 0.25) is 5.02 Å². The van der Waals surface area contributed by atoms with Crippen molar-refractivity contribution in [3.05, 3.63) is 22.8 Å². The van der Waals surface area contributed by atoms with Crippen LogP contribution in [0.5, 0.6) is 0 Å². The first-order valence-electron chi connectivity index (χ1n) is 6.92. The molecule has 110 valence electrons. The van der Waals surface area contributed by atoms with Crippen LogP contribution < -0.4 is 5.32 Å². The fourth-order valence-electron chi connectivity index (χ4n) is 2.33. The van der Waals surface area contributed by atoms with Gasteiger partial charge >= 0.3 is 5.97 Å². The number of nitrogens with zero attached hydrogens (tertiary/aromatic N) is 1. The van der Waals surface area contributed by atoms with Crippen molar-refractivity contribution < 1.29 is 14.6 Å². The minimum atomic E-state index is -1.13. The number of hydrogen-bond acceptors (Lipinski definition) is 4. The first kappa shape index (κ1) is 15.1. The second kappa shape index (κ2) is 7.45. The van der Waals surface area contributed by atoms with E-state index in [9.17, 15) is 4.79 Å². The fraction of sp³-hybridized carbons (Fsp3) is 0.571. The Morgan fingerprint density at radius 1 is 1.40 bits per heavy atom. The first-order valence-corrected chi connectivity index (χ1v) is 7.30. The summed E-state index contributed by atoms with van der Waals surface area (Å²) in [6.07, 6.45) is 6.46. The standard InChI is InChI=1S/C14H19ClN2O3/c15-11-6-7-12(17-13(11)14(18)19)16-8-9-20-10-4-2-1-3-5-10/h6-7,10H,1-5,8-9H2,(H,16,17)(H,18,19). The molecular weight excluding hydrogens is 280 g/mol. The Morgan fingerprint density at radius 3 is 2.85 bits per heavy atom. The molecule has 1 heterocycles. The highest BCUT2D eigenvalue weighted by atomic mass is 35.5. The van der Waals surface area contributed by atoms with Crippen molar-refractivity contribution in [3.63, 3.8) is 0 Å². The van der Waals surface area contributed by atoms with Gasteiger partial charge in [0.05, 0.1) is 17.7 Å². The van der Waals surface area contributed by atoms with Crippen LogP contribution in [0, 0.1) is 0 Å². The predicted octanol–water partition coefficient (Wildman–Crippen LogP) is 3.19. The Bertz CT molecular complexity index is 462. The van der Waals surface area contributed by atoms with E-state index in [1.807, 2.05) is 0 Å². The summed E-state index contributed by atoms with van der Waals surface area (Å²) in [6.45, 7) is 1.20. The number of nitrogens with one attached hydrogen (secondary N) is 1. The van der Waals surface area contributed by atoms with E-state index in [1.54, 1.807) is 6.07 Å². The first-order chi connectivity index (χ1) is 9.66. The molecule has 0 aromatic carbocycles. The second-order valence-corrected chi connectivity index (χ2v) is 5.30. The molecule has 1 aromatic heterocycles. The highest BCUT2D eigenvalue weighted by Crippen LogP contribution is 2.20. The van der Waals surface area contributed by atoms with Crippen LogP contribution in [0.3, 0.4) is 0 Å².